The number of halogens is 1. The van der Waals surface area contributed by atoms with Crippen LogP contribution in [0.15, 0.2) is 74.9 Å². The van der Waals surface area contributed by atoms with E-state index in [0.717, 1.165) is 17.3 Å². The number of benzene rings is 2. The molecule has 0 fully saturated rings. The number of hydrogen-bond donors (Lipinski definition) is 1. The van der Waals surface area contributed by atoms with E-state index in [1.807, 2.05) is 37.3 Å². The van der Waals surface area contributed by atoms with Gasteiger partial charge in [-0.15, -0.1) is 10.2 Å². The number of carbonyl (C=O) groups excluding carboxylic acids is 1. The number of furan rings is 1. The van der Waals surface area contributed by atoms with Gasteiger partial charge in [-0.05, 0) is 48.5 Å². The molecule has 158 valence electrons. The van der Waals surface area contributed by atoms with Crippen LogP contribution in [0.25, 0.3) is 11.5 Å². The molecule has 1 atom stereocenters. The summed E-state index contributed by atoms with van der Waals surface area (Å²) in [6, 6.07) is 16.2. The highest BCUT2D eigenvalue weighted by atomic mass is 35.5. The van der Waals surface area contributed by atoms with Crippen molar-refractivity contribution in [3.63, 3.8) is 0 Å². The van der Waals surface area contributed by atoms with Crippen molar-refractivity contribution < 1.29 is 18.4 Å². The van der Waals surface area contributed by atoms with Crippen molar-refractivity contribution in [2.45, 2.75) is 17.4 Å². The van der Waals surface area contributed by atoms with Gasteiger partial charge in [0.25, 0.3) is 11.1 Å². The second kappa shape index (κ2) is 9.28. The lowest BCUT2D eigenvalue weighted by atomic mass is 10.1. The van der Waals surface area contributed by atoms with Crippen molar-refractivity contribution in [3.05, 3.63) is 77.2 Å². The van der Waals surface area contributed by atoms with Gasteiger partial charge in [0.1, 0.15) is 16.8 Å². The maximum absolute atomic E-state index is 13.2. The second-order valence-electron chi connectivity index (χ2n) is 6.51. The standard InChI is InChI=1S/C22H18ClN3O4S/c1-13-16(10-11-29-13)21-25-26-22(30-21)31-19(14-6-4-3-5-7-14)20(27)24-15-8-9-18(28-2)17(23)12-15/h3-12,19H,1-2H3,(H,24,27). The number of thioether (sulfide) groups is 1. The molecule has 0 aliphatic heterocycles. The highest BCUT2D eigenvalue weighted by Gasteiger charge is 2.26. The Balaban J connectivity index is 1.58. The molecule has 0 bridgehead atoms. The molecule has 4 aromatic rings. The number of aromatic nitrogens is 2. The first-order chi connectivity index (χ1) is 15.0. The fourth-order valence-electron chi connectivity index (χ4n) is 2.93. The minimum Gasteiger partial charge on any atom is -0.495 e. The molecule has 2 heterocycles. The third-order valence-corrected chi connectivity index (χ3v) is 5.86. The number of nitrogens with zero attached hydrogens (tertiary/aromatic N) is 2. The van der Waals surface area contributed by atoms with E-state index in [1.54, 1.807) is 30.5 Å². The quantitative estimate of drug-likeness (QED) is 0.353. The van der Waals surface area contributed by atoms with Crippen LogP contribution in [0.2, 0.25) is 5.02 Å². The van der Waals surface area contributed by atoms with Crippen molar-refractivity contribution in [1.82, 2.24) is 10.2 Å². The summed E-state index contributed by atoms with van der Waals surface area (Å²) in [7, 11) is 1.53. The van der Waals surface area contributed by atoms with E-state index in [1.165, 1.54) is 7.11 Å². The average Bonchev–Trinajstić information content (AvgIpc) is 3.41. The number of amides is 1. The molecule has 0 spiro atoms. The highest BCUT2D eigenvalue weighted by Crippen LogP contribution is 2.37. The summed E-state index contributed by atoms with van der Waals surface area (Å²) >= 11 is 7.35. The number of rotatable bonds is 7. The molecule has 0 saturated heterocycles. The number of hydrogen-bond acceptors (Lipinski definition) is 7. The van der Waals surface area contributed by atoms with Crippen molar-refractivity contribution >= 4 is 35.0 Å². The van der Waals surface area contributed by atoms with Crippen LogP contribution < -0.4 is 10.1 Å². The number of nitrogens with one attached hydrogen (secondary N) is 1. The fraction of sp³-hybridized carbons (Fsp3) is 0.136. The van der Waals surface area contributed by atoms with Gasteiger partial charge in [-0.3, -0.25) is 4.79 Å². The highest BCUT2D eigenvalue weighted by molar-refractivity contribution is 8.00. The van der Waals surface area contributed by atoms with Crippen LogP contribution in [0.5, 0.6) is 5.75 Å². The largest absolute Gasteiger partial charge is 0.495 e. The zero-order valence-corrected chi connectivity index (χ0v) is 18.2. The molecule has 0 aliphatic carbocycles. The lowest BCUT2D eigenvalue weighted by Crippen LogP contribution is -2.19. The maximum atomic E-state index is 13.2. The molecular weight excluding hydrogens is 438 g/mol. The van der Waals surface area contributed by atoms with Gasteiger partial charge < -0.3 is 18.9 Å². The molecule has 31 heavy (non-hydrogen) atoms. The van der Waals surface area contributed by atoms with Crippen molar-refractivity contribution in [1.29, 1.82) is 0 Å². The Hall–Kier alpha value is -3.23. The molecule has 0 aliphatic rings. The first kappa shape index (κ1) is 21.0. The van der Waals surface area contributed by atoms with Gasteiger partial charge in [-0.2, -0.15) is 0 Å². The van der Waals surface area contributed by atoms with E-state index in [2.05, 4.69) is 15.5 Å². The SMILES string of the molecule is COc1ccc(NC(=O)C(Sc2nnc(-c3ccoc3C)o2)c2ccccc2)cc1Cl. The molecule has 4 rings (SSSR count). The van der Waals surface area contributed by atoms with Crippen LogP contribution in [0, 0.1) is 6.92 Å². The van der Waals surface area contributed by atoms with Gasteiger partial charge in [-0.25, -0.2) is 0 Å². The van der Waals surface area contributed by atoms with Crippen LogP contribution >= 0.6 is 23.4 Å². The number of methoxy groups -OCH3 is 1. The van der Waals surface area contributed by atoms with Gasteiger partial charge in [0.2, 0.25) is 5.91 Å². The molecule has 1 unspecified atom stereocenters. The topological polar surface area (TPSA) is 90.4 Å². The van der Waals surface area contributed by atoms with Crippen LogP contribution in [0.4, 0.5) is 5.69 Å². The van der Waals surface area contributed by atoms with Gasteiger partial charge in [0.15, 0.2) is 0 Å². The van der Waals surface area contributed by atoms with Crippen molar-refractivity contribution in [3.8, 4) is 17.2 Å². The van der Waals surface area contributed by atoms with Crippen molar-refractivity contribution in [2.24, 2.45) is 0 Å². The van der Waals surface area contributed by atoms with E-state index in [0.29, 0.717) is 33.7 Å². The van der Waals surface area contributed by atoms with Gasteiger partial charge in [0.05, 0.1) is 24.0 Å². The van der Waals surface area contributed by atoms with Crippen molar-refractivity contribution in [2.75, 3.05) is 12.4 Å². The Bertz CT molecular complexity index is 1190. The number of anilines is 1. The van der Waals surface area contributed by atoms with E-state index < -0.39 is 5.25 Å². The Morgan fingerprint density at radius 1 is 1.16 bits per heavy atom. The molecule has 1 amide bonds. The van der Waals surface area contributed by atoms with E-state index in [9.17, 15) is 4.79 Å². The summed E-state index contributed by atoms with van der Waals surface area (Å²) in [4.78, 5) is 13.2. The molecule has 2 aromatic heterocycles. The first-order valence-electron chi connectivity index (χ1n) is 9.29. The molecule has 0 radical (unpaired) electrons. The number of aryl methyl sites for hydroxylation is 1. The van der Waals surface area contributed by atoms with Gasteiger partial charge >= 0.3 is 0 Å². The number of carbonyl (C=O) groups is 1. The Morgan fingerprint density at radius 3 is 2.65 bits per heavy atom. The molecule has 9 heteroatoms. The number of ether oxygens (including phenoxy) is 1. The molecule has 0 saturated carbocycles. The van der Waals surface area contributed by atoms with E-state index in [4.69, 9.17) is 25.2 Å². The monoisotopic (exact) mass is 455 g/mol. The van der Waals surface area contributed by atoms with Crippen LogP contribution in [0.1, 0.15) is 16.6 Å². The zero-order chi connectivity index (χ0) is 21.8. The third-order valence-electron chi connectivity index (χ3n) is 4.47. The van der Waals surface area contributed by atoms with Crippen LogP contribution in [0.3, 0.4) is 0 Å². The average molecular weight is 456 g/mol. The Labute approximate surface area is 187 Å². The summed E-state index contributed by atoms with van der Waals surface area (Å²) in [6.45, 7) is 1.81. The zero-order valence-electron chi connectivity index (χ0n) is 16.7. The molecule has 2 aromatic carbocycles. The van der Waals surface area contributed by atoms with Crippen LogP contribution in [-0.4, -0.2) is 23.2 Å². The minimum absolute atomic E-state index is 0.253. The first-order valence-corrected chi connectivity index (χ1v) is 10.5. The molecule has 1 N–H and O–H groups in total. The summed E-state index contributed by atoms with van der Waals surface area (Å²) in [5.74, 6) is 1.29. The summed E-state index contributed by atoms with van der Waals surface area (Å²) < 4.78 is 16.2. The van der Waals surface area contributed by atoms with Crippen LogP contribution in [-0.2, 0) is 4.79 Å². The normalized spacial score (nSPS) is 11.8. The molecular formula is C22H18ClN3O4S. The lowest BCUT2D eigenvalue weighted by Gasteiger charge is -2.15. The maximum Gasteiger partial charge on any atom is 0.277 e. The predicted octanol–water partition coefficient (Wildman–Crippen LogP) is 5.77. The Morgan fingerprint density at radius 2 is 1.97 bits per heavy atom. The minimum atomic E-state index is -0.624. The summed E-state index contributed by atoms with van der Waals surface area (Å²) in [6.07, 6.45) is 1.56. The lowest BCUT2D eigenvalue weighted by molar-refractivity contribution is -0.115. The van der Waals surface area contributed by atoms with Gasteiger partial charge in [-0.1, -0.05) is 41.9 Å². The fourth-order valence-corrected chi connectivity index (χ4v) is 4.06. The second-order valence-corrected chi connectivity index (χ2v) is 7.97. The summed E-state index contributed by atoms with van der Waals surface area (Å²) in [5, 5.41) is 11.1. The predicted molar refractivity (Wildman–Crippen MR) is 118 cm³/mol. The summed E-state index contributed by atoms with van der Waals surface area (Å²) in [5.41, 5.74) is 2.06. The smallest absolute Gasteiger partial charge is 0.277 e. The third kappa shape index (κ3) is 4.76. The van der Waals surface area contributed by atoms with E-state index in [-0.39, 0.29) is 11.1 Å². The van der Waals surface area contributed by atoms with E-state index >= 15 is 0 Å². The molecule has 7 nitrogen and oxygen atoms in total. The Kier molecular flexibility index (Phi) is 6.29. The van der Waals surface area contributed by atoms with Gasteiger partial charge in [0, 0.05) is 5.69 Å².